The number of nitrogens with zero attached hydrogens (tertiary/aromatic N) is 3. The van der Waals surface area contributed by atoms with Gasteiger partial charge in [0.15, 0.2) is 5.75 Å². The number of carboxylic acid groups (broad SMARTS) is 1. The third kappa shape index (κ3) is 4.27. The second-order valence-electron chi connectivity index (χ2n) is 9.55. The maximum Gasteiger partial charge on any atom is 0.511 e. The van der Waals surface area contributed by atoms with E-state index in [-0.39, 0.29) is 53.9 Å². The number of aromatic nitrogens is 1. The van der Waals surface area contributed by atoms with Crippen LogP contribution in [0.25, 0.3) is 21.7 Å². The predicted octanol–water partition coefficient (Wildman–Crippen LogP) is 4.20. The lowest BCUT2D eigenvalue weighted by molar-refractivity contribution is 0.143. The lowest BCUT2D eigenvalue weighted by atomic mass is 10.1. The molecule has 0 bridgehead atoms. The van der Waals surface area contributed by atoms with Crippen LogP contribution in [0.3, 0.4) is 0 Å². The summed E-state index contributed by atoms with van der Waals surface area (Å²) < 4.78 is 49.8. The number of ether oxygens (including phenoxy) is 1. The molecular weight excluding hydrogens is 513 g/mol. The molecule has 2 aliphatic rings. The van der Waals surface area contributed by atoms with Crippen molar-refractivity contribution < 1.29 is 27.4 Å². The molecular formula is C27H24FN3O6S. The van der Waals surface area contributed by atoms with Gasteiger partial charge in [-0.15, -0.1) is 0 Å². The Kier molecular flexibility index (Phi) is 5.84. The summed E-state index contributed by atoms with van der Waals surface area (Å²) >= 11 is 0. The minimum atomic E-state index is -3.73. The van der Waals surface area contributed by atoms with Crippen LogP contribution in [0.2, 0.25) is 0 Å². The maximum atomic E-state index is 15.3. The number of rotatable bonds is 5. The van der Waals surface area contributed by atoms with Gasteiger partial charge in [0.05, 0.1) is 27.7 Å². The van der Waals surface area contributed by atoms with E-state index in [1.54, 1.807) is 33.7 Å². The van der Waals surface area contributed by atoms with Gasteiger partial charge in [-0.25, -0.2) is 17.6 Å². The highest BCUT2D eigenvalue weighted by atomic mass is 32.2. The van der Waals surface area contributed by atoms with Crippen molar-refractivity contribution in [3.05, 3.63) is 76.8 Å². The zero-order valence-corrected chi connectivity index (χ0v) is 21.0. The van der Waals surface area contributed by atoms with Crippen LogP contribution >= 0.6 is 0 Å². The summed E-state index contributed by atoms with van der Waals surface area (Å²) in [6.45, 7) is 0.882. The van der Waals surface area contributed by atoms with E-state index < -0.39 is 27.4 Å². The molecule has 1 saturated heterocycles. The fraction of sp³-hybridized carbons (Fsp3) is 0.259. The molecule has 6 rings (SSSR count). The summed E-state index contributed by atoms with van der Waals surface area (Å²) in [5, 5.41) is 10.8. The average Bonchev–Trinajstić information content (AvgIpc) is 3.75. The van der Waals surface area contributed by atoms with Gasteiger partial charge < -0.3 is 19.3 Å². The molecule has 0 atom stereocenters. The van der Waals surface area contributed by atoms with Crippen molar-refractivity contribution in [2.75, 3.05) is 31.1 Å². The van der Waals surface area contributed by atoms with Gasteiger partial charge in [-0.3, -0.25) is 4.79 Å². The SMILES string of the molecule is O=C(O)Oc1cn(C2CC2)c2cc(N3CCN(S(=O)(=O)c4ccc5ccccc5c4)CC3)c(F)cc2c1=O. The van der Waals surface area contributed by atoms with Gasteiger partial charge in [0.1, 0.15) is 5.82 Å². The monoisotopic (exact) mass is 537 g/mol. The van der Waals surface area contributed by atoms with Crippen molar-refractivity contribution in [2.24, 2.45) is 0 Å². The van der Waals surface area contributed by atoms with Crippen LogP contribution in [0, 0.1) is 5.82 Å². The highest BCUT2D eigenvalue weighted by molar-refractivity contribution is 7.89. The summed E-state index contributed by atoms with van der Waals surface area (Å²) in [5.74, 6) is -1.01. The number of fused-ring (bicyclic) bond motifs is 2. The second kappa shape index (κ2) is 9.10. The number of sulfonamides is 1. The van der Waals surface area contributed by atoms with Gasteiger partial charge in [0.2, 0.25) is 15.5 Å². The molecule has 2 fully saturated rings. The number of piperazine rings is 1. The summed E-state index contributed by atoms with van der Waals surface area (Å²) in [6.07, 6.45) is 1.45. The zero-order valence-electron chi connectivity index (χ0n) is 20.2. The van der Waals surface area contributed by atoms with Crippen molar-refractivity contribution >= 4 is 43.5 Å². The largest absolute Gasteiger partial charge is 0.511 e. The van der Waals surface area contributed by atoms with Gasteiger partial charge in [-0.1, -0.05) is 30.3 Å². The molecule has 3 aromatic carbocycles. The maximum absolute atomic E-state index is 15.3. The van der Waals surface area contributed by atoms with E-state index in [1.807, 2.05) is 24.3 Å². The number of anilines is 1. The number of hydrogen-bond donors (Lipinski definition) is 1. The Balaban J connectivity index is 1.28. The highest BCUT2D eigenvalue weighted by Crippen LogP contribution is 2.39. The molecule has 1 aromatic heterocycles. The Bertz CT molecular complexity index is 1760. The van der Waals surface area contributed by atoms with Gasteiger partial charge in [0.25, 0.3) is 0 Å². The van der Waals surface area contributed by atoms with Crippen molar-refractivity contribution in [3.8, 4) is 5.75 Å². The van der Waals surface area contributed by atoms with Gasteiger partial charge in [-0.2, -0.15) is 4.31 Å². The number of halogens is 1. The van der Waals surface area contributed by atoms with E-state index >= 15 is 4.39 Å². The van der Waals surface area contributed by atoms with E-state index in [0.29, 0.717) is 5.52 Å². The Labute approximate surface area is 217 Å². The third-order valence-electron chi connectivity index (χ3n) is 7.14. The molecule has 4 aromatic rings. The van der Waals surface area contributed by atoms with Crippen LogP contribution in [-0.4, -0.2) is 54.7 Å². The van der Waals surface area contributed by atoms with E-state index in [1.165, 1.54) is 10.5 Å². The Hall–Kier alpha value is -3.96. The molecule has 38 heavy (non-hydrogen) atoms. The molecule has 0 unspecified atom stereocenters. The summed E-state index contributed by atoms with van der Waals surface area (Å²) in [7, 11) is -3.73. The number of pyridine rings is 1. The first kappa shape index (κ1) is 24.4. The minimum absolute atomic E-state index is 0.0365. The number of hydrogen-bond acceptors (Lipinski definition) is 6. The van der Waals surface area contributed by atoms with Crippen molar-refractivity contribution in [1.82, 2.24) is 8.87 Å². The predicted molar refractivity (Wildman–Crippen MR) is 140 cm³/mol. The highest BCUT2D eigenvalue weighted by Gasteiger charge is 2.31. The molecule has 1 aliphatic carbocycles. The normalized spacial score (nSPS) is 16.7. The number of benzene rings is 3. The molecule has 1 aliphatic heterocycles. The molecule has 0 radical (unpaired) electrons. The first-order valence-corrected chi connectivity index (χ1v) is 13.7. The Morgan fingerprint density at radius 2 is 1.68 bits per heavy atom. The Morgan fingerprint density at radius 3 is 2.37 bits per heavy atom. The van der Waals surface area contributed by atoms with E-state index in [4.69, 9.17) is 5.11 Å². The lowest BCUT2D eigenvalue weighted by Gasteiger charge is -2.35. The molecule has 196 valence electrons. The van der Waals surface area contributed by atoms with Crippen molar-refractivity contribution in [2.45, 2.75) is 23.8 Å². The van der Waals surface area contributed by atoms with Crippen LogP contribution < -0.4 is 15.1 Å². The molecule has 0 amide bonds. The van der Waals surface area contributed by atoms with Gasteiger partial charge >= 0.3 is 6.16 Å². The van der Waals surface area contributed by atoms with Crippen LogP contribution in [0.1, 0.15) is 18.9 Å². The van der Waals surface area contributed by atoms with Crippen LogP contribution in [0.4, 0.5) is 14.9 Å². The zero-order chi connectivity index (χ0) is 26.6. The van der Waals surface area contributed by atoms with Crippen LogP contribution in [0.5, 0.6) is 5.75 Å². The summed E-state index contributed by atoms with van der Waals surface area (Å²) in [4.78, 5) is 25.8. The molecule has 0 spiro atoms. The molecule has 2 heterocycles. The molecule has 9 nitrogen and oxygen atoms in total. The van der Waals surface area contributed by atoms with Gasteiger partial charge in [0, 0.05) is 32.2 Å². The fourth-order valence-electron chi connectivity index (χ4n) is 5.04. The lowest BCUT2D eigenvalue weighted by Crippen LogP contribution is -2.48. The van der Waals surface area contributed by atoms with Crippen molar-refractivity contribution in [1.29, 1.82) is 0 Å². The molecule has 11 heteroatoms. The fourth-order valence-corrected chi connectivity index (χ4v) is 6.50. The van der Waals surface area contributed by atoms with E-state index in [2.05, 4.69) is 4.74 Å². The van der Waals surface area contributed by atoms with Crippen LogP contribution in [0.15, 0.2) is 70.5 Å². The average molecular weight is 538 g/mol. The minimum Gasteiger partial charge on any atom is -0.449 e. The summed E-state index contributed by atoms with van der Waals surface area (Å²) in [6, 6.07) is 15.4. The van der Waals surface area contributed by atoms with Crippen LogP contribution in [-0.2, 0) is 10.0 Å². The topological polar surface area (TPSA) is 109 Å². The number of carbonyl (C=O) groups is 1. The second-order valence-corrected chi connectivity index (χ2v) is 11.5. The summed E-state index contributed by atoms with van der Waals surface area (Å²) in [5.41, 5.74) is 0.0508. The molecule has 1 N–H and O–H groups in total. The van der Waals surface area contributed by atoms with Crippen molar-refractivity contribution in [3.63, 3.8) is 0 Å². The third-order valence-corrected chi connectivity index (χ3v) is 9.04. The Morgan fingerprint density at radius 1 is 0.974 bits per heavy atom. The standard InChI is InChI=1S/C27H24FN3O6S/c28-22-14-21-23(31(19-6-7-19)16-25(26(21)32)37-27(33)34)15-24(22)29-9-11-30(12-10-29)38(35,36)20-8-5-17-3-1-2-4-18(17)13-20/h1-5,8,13-16,19H,6-7,9-12H2,(H,33,34). The first-order chi connectivity index (χ1) is 18.2. The molecule has 1 saturated carbocycles. The quantitative estimate of drug-likeness (QED) is 0.380. The van der Waals surface area contributed by atoms with E-state index in [0.717, 1.165) is 29.7 Å². The van der Waals surface area contributed by atoms with Gasteiger partial charge in [-0.05, 0) is 47.9 Å². The smallest absolute Gasteiger partial charge is 0.449 e. The van der Waals surface area contributed by atoms with E-state index in [9.17, 15) is 18.0 Å². The first-order valence-electron chi connectivity index (χ1n) is 12.3.